The summed E-state index contributed by atoms with van der Waals surface area (Å²) in [4.78, 5) is 0. The second-order valence-electron chi connectivity index (χ2n) is 4.75. The molecule has 1 aliphatic carbocycles. The molecule has 2 N–H and O–H groups in total. The Morgan fingerprint density at radius 1 is 1.29 bits per heavy atom. The van der Waals surface area contributed by atoms with Crippen LogP contribution in [0.3, 0.4) is 0 Å². The Balaban J connectivity index is 2.26. The van der Waals surface area contributed by atoms with Gasteiger partial charge in [-0.3, -0.25) is 0 Å². The molecule has 0 bridgehead atoms. The molecular weight excluding hydrogens is 227 g/mol. The van der Waals surface area contributed by atoms with E-state index in [0.717, 1.165) is 24.0 Å². The van der Waals surface area contributed by atoms with E-state index >= 15 is 0 Å². The van der Waals surface area contributed by atoms with Crippen molar-refractivity contribution in [1.29, 1.82) is 0 Å². The van der Waals surface area contributed by atoms with Gasteiger partial charge in [0, 0.05) is 0 Å². The van der Waals surface area contributed by atoms with Gasteiger partial charge in [0.25, 0.3) is 0 Å². The second kappa shape index (κ2) is 4.33. The summed E-state index contributed by atoms with van der Waals surface area (Å²) >= 11 is 0. The molecule has 2 unspecified atom stereocenters. The first-order valence-electron chi connectivity index (χ1n) is 5.81. The molecule has 17 heavy (non-hydrogen) atoms. The SMILES string of the molecule is Cc1cc(C(F)(F)F)ccc1C1CCC1CN. The Hall–Kier alpha value is -1.03. The standard InChI is InChI=1S/C13H16F3N/c1-8-6-10(13(14,15)16)3-5-11(8)12-4-2-9(12)7-17/h3,5-6,9,12H,2,4,7,17H2,1H3. The first kappa shape index (κ1) is 12.4. The van der Waals surface area contributed by atoms with Gasteiger partial charge < -0.3 is 5.73 Å². The highest BCUT2D eigenvalue weighted by molar-refractivity contribution is 5.36. The quantitative estimate of drug-likeness (QED) is 0.845. The van der Waals surface area contributed by atoms with Crippen LogP contribution in [0.1, 0.15) is 35.4 Å². The van der Waals surface area contributed by atoms with Crippen molar-refractivity contribution in [3.05, 3.63) is 34.9 Å². The van der Waals surface area contributed by atoms with Crippen LogP contribution in [-0.4, -0.2) is 6.54 Å². The predicted octanol–water partition coefficient (Wildman–Crippen LogP) is 3.47. The average molecular weight is 243 g/mol. The molecule has 1 aromatic rings. The summed E-state index contributed by atoms with van der Waals surface area (Å²) in [5.74, 6) is 0.785. The van der Waals surface area contributed by atoms with E-state index in [2.05, 4.69) is 0 Å². The van der Waals surface area contributed by atoms with Crippen LogP contribution < -0.4 is 5.73 Å². The smallest absolute Gasteiger partial charge is 0.330 e. The number of alkyl halides is 3. The lowest BCUT2D eigenvalue weighted by Gasteiger charge is -2.37. The molecule has 0 spiro atoms. The zero-order chi connectivity index (χ0) is 12.6. The van der Waals surface area contributed by atoms with Crippen LogP contribution in [-0.2, 0) is 6.18 Å². The van der Waals surface area contributed by atoms with Gasteiger partial charge >= 0.3 is 6.18 Å². The van der Waals surface area contributed by atoms with E-state index in [1.807, 2.05) is 0 Å². The first-order chi connectivity index (χ1) is 7.93. The maximum absolute atomic E-state index is 12.5. The Bertz CT molecular complexity index is 410. The maximum Gasteiger partial charge on any atom is 0.416 e. The third-order valence-corrected chi connectivity index (χ3v) is 3.72. The van der Waals surface area contributed by atoms with E-state index in [0.29, 0.717) is 18.4 Å². The van der Waals surface area contributed by atoms with E-state index in [-0.39, 0.29) is 0 Å². The Kier molecular flexibility index (Phi) is 3.17. The molecule has 0 saturated heterocycles. The minimum atomic E-state index is -4.25. The fourth-order valence-corrected chi connectivity index (χ4v) is 2.53. The van der Waals surface area contributed by atoms with Gasteiger partial charge in [-0.25, -0.2) is 0 Å². The molecule has 0 radical (unpaired) electrons. The minimum absolute atomic E-state index is 0.349. The molecule has 0 aliphatic heterocycles. The van der Waals surface area contributed by atoms with Crippen molar-refractivity contribution in [2.45, 2.75) is 31.9 Å². The van der Waals surface area contributed by atoms with Crippen molar-refractivity contribution in [3.8, 4) is 0 Å². The summed E-state index contributed by atoms with van der Waals surface area (Å²) in [6, 6.07) is 4.03. The molecule has 94 valence electrons. The zero-order valence-corrected chi connectivity index (χ0v) is 9.72. The average Bonchev–Trinajstić information content (AvgIpc) is 2.18. The van der Waals surface area contributed by atoms with Gasteiger partial charge in [0.05, 0.1) is 5.56 Å². The van der Waals surface area contributed by atoms with Gasteiger partial charge in [-0.15, -0.1) is 0 Å². The molecule has 2 atom stereocenters. The van der Waals surface area contributed by atoms with Crippen LogP contribution in [0.5, 0.6) is 0 Å². The number of rotatable bonds is 2. The van der Waals surface area contributed by atoms with Crippen molar-refractivity contribution in [3.63, 3.8) is 0 Å². The summed E-state index contributed by atoms with van der Waals surface area (Å²) in [6.45, 7) is 2.36. The molecule has 1 aliphatic rings. The van der Waals surface area contributed by atoms with Crippen molar-refractivity contribution in [2.24, 2.45) is 11.7 Å². The van der Waals surface area contributed by atoms with Crippen molar-refractivity contribution in [2.75, 3.05) is 6.54 Å². The normalized spacial score (nSPS) is 24.5. The summed E-state index contributed by atoms with van der Waals surface area (Å²) < 4.78 is 37.6. The van der Waals surface area contributed by atoms with Crippen LogP contribution in [0.15, 0.2) is 18.2 Å². The number of benzene rings is 1. The van der Waals surface area contributed by atoms with Crippen LogP contribution in [0, 0.1) is 12.8 Å². The summed E-state index contributed by atoms with van der Waals surface area (Å²) in [7, 11) is 0. The number of hydrogen-bond donors (Lipinski definition) is 1. The van der Waals surface area contributed by atoms with Gasteiger partial charge in [-0.1, -0.05) is 6.07 Å². The summed E-state index contributed by atoms with van der Waals surface area (Å²) in [5, 5.41) is 0. The third kappa shape index (κ3) is 2.32. The fourth-order valence-electron chi connectivity index (χ4n) is 2.53. The van der Waals surface area contributed by atoms with E-state index in [1.54, 1.807) is 13.0 Å². The summed E-state index contributed by atoms with van der Waals surface area (Å²) in [6.07, 6.45) is -2.13. The predicted molar refractivity (Wildman–Crippen MR) is 60.7 cm³/mol. The van der Waals surface area contributed by atoms with Crippen molar-refractivity contribution < 1.29 is 13.2 Å². The van der Waals surface area contributed by atoms with Crippen LogP contribution in [0.4, 0.5) is 13.2 Å². The first-order valence-corrected chi connectivity index (χ1v) is 5.81. The van der Waals surface area contributed by atoms with E-state index in [4.69, 9.17) is 5.73 Å². The molecule has 4 heteroatoms. The van der Waals surface area contributed by atoms with Crippen LogP contribution in [0.2, 0.25) is 0 Å². The van der Waals surface area contributed by atoms with Crippen LogP contribution in [0.25, 0.3) is 0 Å². The van der Waals surface area contributed by atoms with Crippen molar-refractivity contribution >= 4 is 0 Å². The van der Waals surface area contributed by atoms with Gasteiger partial charge in [0.15, 0.2) is 0 Å². The number of halogens is 3. The molecule has 0 aromatic heterocycles. The molecule has 1 saturated carbocycles. The van der Waals surface area contributed by atoms with Gasteiger partial charge in [-0.05, 0) is 61.4 Å². The molecule has 1 nitrogen and oxygen atoms in total. The molecule has 0 amide bonds. The molecule has 0 heterocycles. The third-order valence-electron chi connectivity index (χ3n) is 3.72. The molecular formula is C13H16F3N. The van der Waals surface area contributed by atoms with E-state index < -0.39 is 11.7 Å². The lowest BCUT2D eigenvalue weighted by atomic mass is 9.69. The lowest BCUT2D eigenvalue weighted by Crippen LogP contribution is -2.31. The van der Waals surface area contributed by atoms with Gasteiger partial charge in [-0.2, -0.15) is 13.2 Å². The summed E-state index contributed by atoms with van der Waals surface area (Å²) in [5.41, 5.74) is 6.82. The Labute approximate surface area is 98.8 Å². The lowest BCUT2D eigenvalue weighted by molar-refractivity contribution is -0.137. The highest BCUT2D eigenvalue weighted by Crippen LogP contribution is 2.43. The Morgan fingerprint density at radius 2 is 2.00 bits per heavy atom. The van der Waals surface area contributed by atoms with E-state index in [1.165, 1.54) is 12.1 Å². The highest BCUT2D eigenvalue weighted by atomic mass is 19.4. The number of nitrogens with two attached hydrogens (primary N) is 1. The molecule has 1 fully saturated rings. The largest absolute Gasteiger partial charge is 0.416 e. The fraction of sp³-hybridized carbons (Fsp3) is 0.538. The number of hydrogen-bond acceptors (Lipinski definition) is 1. The monoisotopic (exact) mass is 243 g/mol. The van der Waals surface area contributed by atoms with E-state index in [9.17, 15) is 13.2 Å². The molecule has 1 aromatic carbocycles. The van der Waals surface area contributed by atoms with Crippen LogP contribution >= 0.6 is 0 Å². The second-order valence-corrected chi connectivity index (χ2v) is 4.75. The van der Waals surface area contributed by atoms with Gasteiger partial charge in [0.1, 0.15) is 0 Å². The zero-order valence-electron chi connectivity index (χ0n) is 9.72. The minimum Gasteiger partial charge on any atom is -0.330 e. The number of aryl methyl sites for hydroxylation is 1. The Morgan fingerprint density at radius 3 is 2.41 bits per heavy atom. The topological polar surface area (TPSA) is 26.0 Å². The van der Waals surface area contributed by atoms with Gasteiger partial charge in [0.2, 0.25) is 0 Å². The maximum atomic E-state index is 12.5. The highest BCUT2D eigenvalue weighted by Gasteiger charge is 2.34. The molecule has 2 rings (SSSR count). The van der Waals surface area contributed by atoms with Crippen molar-refractivity contribution in [1.82, 2.24) is 0 Å².